The highest BCUT2D eigenvalue weighted by Gasteiger charge is 2.37. The quantitative estimate of drug-likeness (QED) is 0.155. The number of nitrogens with zero attached hydrogens (tertiary/aromatic N) is 2. The van der Waals surface area contributed by atoms with Crippen LogP contribution in [0.4, 0.5) is 16.2 Å². The summed E-state index contributed by atoms with van der Waals surface area (Å²) in [6.45, 7) is 5.78. The van der Waals surface area contributed by atoms with Crippen LogP contribution in [-0.4, -0.2) is 29.4 Å². The van der Waals surface area contributed by atoms with Gasteiger partial charge in [-0.15, -0.1) is 0 Å². The van der Waals surface area contributed by atoms with Crippen molar-refractivity contribution in [1.29, 1.82) is 0 Å². The van der Waals surface area contributed by atoms with E-state index in [1.54, 1.807) is 50.2 Å². The summed E-state index contributed by atoms with van der Waals surface area (Å²) in [4.78, 5) is 50.2. The van der Waals surface area contributed by atoms with Crippen LogP contribution in [0.15, 0.2) is 64.6 Å². The molecule has 1 aliphatic heterocycles. The van der Waals surface area contributed by atoms with Crippen molar-refractivity contribution in [3.8, 4) is 11.5 Å². The molecule has 4 rings (SSSR count). The number of imide groups is 2. The molecule has 3 aromatic carbocycles. The van der Waals surface area contributed by atoms with Gasteiger partial charge in [-0.25, -0.2) is 9.69 Å². The first-order valence-corrected chi connectivity index (χ1v) is 12.7. The summed E-state index contributed by atoms with van der Waals surface area (Å²) in [7, 11) is 0. The summed E-state index contributed by atoms with van der Waals surface area (Å²) in [5.74, 6) is -0.892. The van der Waals surface area contributed by atoms with Crippen LogP contribution in [0.25, 0.3) is 6.08 Å². The standard InChI is InChI=1S/C28H24BrN3O7/c1-4-38-24-14-19(13-22(29)25(24)39-15-18-8-6-9-20(11-18)32(36)37)12-21-26(33)30-28(35)31(27(21)34)23-10-5-7-16(2)17(23)3/h5-14H,4,15H2,1-3H3,(H,30,33,35)/b21-12+. The molecule has 1 saturated heterocycles. The number of anilines is 1. The number of nitrogens with one attached hydrogen (secondary N) is 1. The highest BCUT2D eigenvalue weighted by Crippen LogP contribution is 2.38. The molecule has 1 heterocycles. The number of carbonyl (C=O) groups is 3. The third-order valence-electron chi connectivity index (χ3n) is 6.07. The molecule has 0 bridgehead atoms. The highest BCUT2D eigenvalue weighted by molar-refractivity contribution is 9.10. The zero-order chi connectivity index (χ0) is 28.3. The van der Waals surface area contributed by atoms with Gasteiger partial charge in [0.25, 0.3) is 17.5 Å². The van der Waals surface area contributed by atoms with E-state index in [9.17, 15) is 24.5 Å². The van der Waals surface area contributed by atoms with Crippen molar-refractivity contribution >= 4 is 51.2 Å². The SMILES string of the molecule is CCOc1cc(/C=C2\C(=O)NC(=O)N(c3cccc(C)c3C)C2=O)cc(Br)c1OCc1cccc([N+](=O)[O-])c1. The van der Waals surface area contributed by atoms with Crippen molar-refractivity contribution in [2.45, 2.75) is 27.4 Å². The van der Waals surface area contributed by atoms with Crippen LogP contribution in [0, 0.1) is 24.0 Å². The summed E-state index contributed by atoms with van der Waals surface area (Å²) in [6.07, 6.45) is 1.37. The molecule has 0 unspecified atom stereocenters. The van der Waals surface area contributed by atoms with Crippen molar-refractivity contribution in [3.63, 3.8) is 0 Å². The number of barbiturate groups is 1. The fraction of sp³-hybridized carbons (Fsp3) is 0.179. The maximum Gasteiger partial charge on any atom is 0.335 e. The summed E-state index contributed by atoms with van der Waals surface area (Å²) in [5.41, 5.74) is 2.77. The van der Waals surface area contributed by atoms with Crippen LogP contribution in [0.1, 0.15) is 29.2 Å². The second-order valence-corrected chi connectivity index (χ2v) is 9.51. The number of carbonyl (C=O) groups excluding carboxylic acids is 3. The summed E-state index contributed by atoms with van der Waals surface area (Å²) < 4.78 is 12.1. The molecule has 1 fully saturated rings. The first-order valence-electron chi connectivity index (χ1n) is 11.9. The molecular weight excluding hydrogens is 570 g/mol. The van der Waals surface area contributed by atoms with Crippen molar-refractivity contribution in [3.05, 3.63) is 97.0 Å². The highest BCUT2D eigenvalue weighted by atomic mass is 79.9. The topological polar surface area (TPSA) is 128 Å². The molecule has 3 aromatic rings. The molecule has 200 valence electrons. The number of halogens is 1. The number of urea groups is 1. The largest absolute Gasteiger partial charge is 0.490 e. The lowest BCUT2D eigenvalue weighted by molar-refractivity contribution is -0.384. The van der Waals surface area contributed by atoms with Gasteiger partial charge in [0.2, 0.25) is 0 Å². The van der Waals surface area contributed by atoms with E-state index in [1.165, 1.54) is 18.2 Å². The van der Waals surface area contributed by atoms with Gasteiger partial charge in [0.15, 0.2) is 11.5 Å². The van der Waals surface area contributed by atoms with Crippen molar-refractivity contribution in [1.82, 2.24) is 5.32 Å². The molecule has 1 N–H and O–H groups in total. The number of non-ortho nitro benzene ring substituents is 1. The van der Waals surface area contributed by atoms with Crippen molar-refractivity contribution in [2.75, 3.05) is 11.5 Å². The zero-order valence-corrected chi connectivity index (χ0v) is 22.9. The minimum atomic E-state index is -0.822. The van der Waals surface area contributed by atoms with Gasteiger partial charge in [0, 0.05) is 12.1 Å². The van der Waals surface area contributed by atoms with Gasteiger partial charge in [-0.2, -0.15) is 0 Å². The number of hydrogen-bond acceptors (Lipinski definition) is 7. The number of nitro benzene ring substituents is 1. The molecule has 0 spiro atoms. The predicted molar refractivity (Wildman–Crippen MR) is 148 cm³/mol. The van der Waals surface area contributed by atoms with E-state index in [1.807, 2.05) is 13.0 Å². The Hall–Kier alpha value is -4.51. The lowest BCUT2D eigenvalue weighted by atomic mass is 10.0. The maximum atomic E-state index is 13.4. The first kappa shape index (κ1) is 27.5. The number of amides is 4. The fourth-order valence-corrected chi connectivity index (χ4v) is 4.58. The number of nitro groups is 1. The summed E-state index contributed by atoms with van der Waals surface area (Å²) in [5, 5.41) is 13.3. The number of rotatable bonds is 8. The van der Waals surface area contributed by atoms with E-state index in [2.05, 4.69) is 21.2 Å². The lowest BCUT2D eigenvalue weighted by Gasteiger charge is -2.28. The van der Waals surface area contributed by atoms with E-state index in [4.69, 9.17) is 9.47 Å². The minimum absolute atomic E-state index is 0.0363. The van der Waals surface area contributed by atoms with Gasteiger partial charge in [-0.1, -0.05) is 24.3 Å². The Morgan fingerprint density at radius 3 is 2.51 bits per heavy atom. The molecule has 10 nitrogen and oxygen atoms in total. The third kappa shape index (κ3) is 5.83. The molecule has 4 amide bonds. The minimum Gasteiger partial charge on any atom is -0.490 e. The van der Waals surface area contributed by atoms with Crippen LogP contribution in [0.2, 0.25) is 0 Å². The Bertz CT molecular complexity index is 1530. The molecule has 1 aliphatic rings. The Kier molecular flexibility index (Phi) is 8.10. The Morgan fingerprint density at radius 1 is 1.05 bits per heavy atom. The molecular formula is C28H24BrN3O7. The zero-order valence-electron chi connectivity index (χ0n) is 21.3. The van der Waals surface area contributed by atoms with E-state index in [0.717, 1.165) is 16.0 Å². The van der Waals surface area contributed by atoms with Crippen molar-refractivity contribution in [2.24, 2.45) is 0 Å². The smallest absolute Gasteiger partial charge is 0.335 e. The number of benzene rings is 3. The van der Waals surface area contributed by atoms with E-state index in [0.29, 0.717) is 39.4 Å². The number of hydrogen-bond donors (Lipinski definition) is 1. The second-order valence-electron chi connectivity index (χ2n) is 8.66. The van der Waals surface area contributed by atoms with E-state index in [-0.39, 0.29) is 17.9 Å². The van der Waals surface area contributed by atoms with E-state index < -0.39 is 22.8 Å². The Morgan fingerprint density at radius 2 is 1.79 bits per heavy atom. The average Bonchev–Trinajstić information content (AvgIpc) is 2.88. The molecule has 0 aliphatic carbocycles. The van der Waals surface area contributed by atoms with Crippen LogP contribution in [0.5, 0.6) is 11.5 Å². The fourth-order valence-electron chi connectivity index (χ4n) is 4.01. The van der Waals surface area contributed by atoms with Gasteiger partial charge in [0.1, 0.15) is 12.2 Å². The molecule has 39 heavy (non-hydrogen) atoms. The Balaban J connectivity index is 1.67. The van der Waals surface area contributed by atoms with Crippen LogP contribution in [0.3, 0.4) is 0 Å². The molecule has 0 radical (unpaired) electrons. The van der Waals surface area contributed by atoms with Gasteiger partial charge in [-0.3, -0.25) is 25.0 Å². The number of aryl methyl sites for hydroxylation is 1. The predicted octanol–water partition coefficient (Wildman–Crippen LogP) is 5.62. The molecule has 0 atom stereocenters. The molecule has 0 aromatic heterocycles. The molecule has 0 saturated carbocycles. The Labute approximate surface area is 232 Å². The monoisotopic (exact) mass is 593 g/mol. The van der Waals surface area contributed by atoms with Crippen molar-refractivity contribution < 1.29 is 28.8 Å². The first-order chi connectivity index (χ1) is 18.6. The van der Waals surface area contributed by atoms with Crippen LogP contribution in [-0.2, 0) is 16.2 Å². The van der Waals surface area contributed by atoms with Gasteiger partial charge in [0.05, 0.1) is 21.7 Å². The summed E-state index contributed by atoms with van der Waals surface area (Å²) in [6, 6.07) is 13.7. The van der Waals surface area contributed by atoms with Gasteiger partial charge < -0.3 is 9.47 Å². The maximum absolute atomic E-state index is 13.4. The summed E-state index contributed by atoms with van der Waals surface area (Å²) >= 11 is 3.46. The van der Waals surface area contributed by atoms with Gasteiger partial charge in [-0.05, 0) is 83.2 Å². The number of ether oxygens (including phenoxy) is 2. The van der Waals surface area contributed by atoms with Crippen LogP contribution >= 0.6 is 15.9 Å². The van der Waals surface area contributed by atoms with E-state index >= 15 is 0 Å². The lowest BCUT2D eigenvalue weighted by Crippen LogP contribution is -2.54. The van der Waals surface area contributed by atoms with Gasteiger partial charge >= 0.3 is 6.03 Å². The normalized spacial score (nSPS) is 14.4. The third-order valence-corrected chi connectivity index (χ3v) is 6.65. The van der Waals surface area contributed by atoms with Crippen LogP contribution < -0.4 is 19.7 Å². The molecule has 11 heteroatoms. The average molecular weight is 594 g/mol. The second kappa shape index (κ2) is 11.5.